The first-order chi connectivity index (χ1) is 6.24. The third-order valence-electron chi connectivity index (χ3n) is 1.86. The molecule has 0 unspecified atom stereocenters. The summed E-state index contributed by atoms with van der Waals surface area (Å²) >= 11 is 0. The Balaban J connectivity index is 2.59. The van der Waals surface area contributed by atoms with Gasteiger partial charge >= 0.3 is 0 Å². The van der Waals surface area contributed by atoms with E-state index in [0.717, 1.165) is 6.42 Å². The highest BCUT2D eigenvalue weighted by Crippen LogP contribution is 2.11. The second kappa shape index (κ2) is 4.71. The molecule has 1 aromatic heterocycles. The third kappa shape index (κ3) is 2.95. The first-order valence-electron chi connectivity index (χ1n) is 4.72. The van der Waals surface area contributed by atoms with Crippen molar-refractivity contribution in [3.05, 3.63) is 18.0 Å². The van der Waals surface area contributed by atoms with E-state index in [2.05, 4.69) is 43.9 Å². The smallest absolute Gasteiger partial charge is 0.102 e. The third-order valence-corrected chi connectivity index (χ3v) is 1.86. The lowest BCUT2D eigenvalue weighted by atomic mass is 10.1. The largest absolute Gasteiger partial charge is 0.260 e. The van der Waals surface area contributed by atoms with E-state index in [1.54, 1.807) is 0 Å². The molecule has 0 amide bonds. The quantitative estimate of drug-likeness (QED) is 0.633. The van der Waals surface area contributed by atoms with Gasteiger partial charge in [-0.2, -0.15) is 5.10 Å². The van der Waals surface area contributed by atoms with Gasteiger partial charge in [0, 0.05) is 12.6 Å². The van der Waals surface area contributed by atoms with Crippen LogP contribution >= 0.6 is 0 Å². The molecule has 0 saturated heterocycles. The molecule has 0 N–H and O–H groups in total. The van der Waals surface area contributed by atoms with Gasteiger partial charge in [0.1, 0.15) is 6.54 Å². The van der Waals surface area contributed by atoms with E-state index in [0.29, 0.717) is 12.5 Å². The molecule has 0 aliphatic carbocycles. The lowest BCUT2D eigenvalue weighted by Gasteiger charge is -1.96. The van der Waals surface area contributed by atoms with Crippen LogP contribution in [0.15, 0.2) is 12.4 Å². The minimum atomic E-state index is 0.549. The molecular weight excluding hydrogens is 160 g/mol. The van der Waals surface area contributed by atoms with Crippen LogP contribution in [-0.4, -0.2) is 9.78 Å². The molecule has 1 aromatic rings. The van der Waals surface area contributed by atoms with Crippen molar-refractivity contribution >= 4 is 0 Å². The Morgan fingerprint density at radius 1 is 1.46 bits per heavy atom. The van der Waals surface area contributed by atoms with Crippen LogP contribution in [0.25, 0.3) is 0 Å². The first-order valence-corrected chi connectivity index (χ1v) is 4.72. The maximum Gasteiger partial charge on any atom is 0.102 e. The Morgan fingerprint density at radius 3 is 2.77 bits per heavy atom. The summed E-state index contributed by atoms with van der Waals surface area (Å²) in [6.07, 6.45) is 4.89. The summed E-state index contributed by atoms with van der Waals surface area (Å²) in [6.45, 7) is 7.09. The highest BCUT2D eigenvalue weighted by molar-refractivity contribution is 5.10. The van der Waals surface area contributed by atoms with Crippen LogP contribution in [0.2, 0.25) is 0 Å². The fraction of sp³-hybridized carbons (Fsp3) is 0.545. The highest BCUT2D eigenvalue weighted by Gasteiger charge is 2.00. The van der Waals surface area contributed by atoms with Crippen LogP contribution in [0.3, 0.4) is 0 Å². The summed E-state index contributed by atoms with van der Waals surface area (Å²) in [4.78, 5) is 0. The van der Waals surface area contributed by atoms with Gasteiger partial charge in [0.2, 0.25) is 0 Å². The predicted molar refractivity (Wildman–Crippen MR) is 54.4 cm³/mol. The van der Waals surface area contributed by atoms with Crippen molar-refractivity contribution in [2.24, 2.45) is 0 Å². The Labute approximate surface area is 80.0 Å². The van der Waals surface area contributed by atoms with Gasteiger partial charge in [-0.25, -0.2) is 0 Å². The number of hydrogen-bond acceptors (Lipinski definition) is 1. The molecule has 13 heavy (non-hydrogen) atoms. The number of nitrogens with zero attached hydrogens (tertiary/aromatic N) is 2. The summed E-state index contributed by atoms with van der Waals surface area (Å²) in [7, 11) is 0. The Morgan fingerprint density at radius 2 is 2.23 bits per heavy atom. The standard InChI is InChI=1S/C11H16N2/c1-4-5-6-7-13-9-11(8-12-13)10(2)3/h8-10H,4,7H2,1-3H3. The summed E-state index contributed by atoms with van der Waals surface area (Å²) in [5, 5.41) is 4.22. The van der Waals surface area contributed by atoms with Crippen molar-refractivity contribution < 1.29 is 0 Å². The molecule has 2 heteroatoms. The zero-order valence-corrected chi connectivity index (χ0v) is 8.54. The Bertz CT molecular complexity index is 312. The molecule has 0 aromatic carbocycles. The van der Waals surface area contributed by atoms with Crippen molar-refractivity contribution in [1.29, 1.82) is 0 Å². The van der Waals surface area contributed by atoms with Gasteiger partial charge in [0.15, 0.2) is 0 Å². The Kier molecular flexibility index (Phi) is 3.57. The molecule has 70 valence electrons. The van der Waals surface area contributed by atoms with Gasteiger partial charge in [-0.05, 0) is 11.5 Å². The second-order valence-corrected chi connectivity index (χ2v) is 3.33. The minimum absolute atomic E-state index is 0.549. The van der Waals surface area contributed by atoms with E-state index in [1.807, 2.05) is 10.9 Å². The lowest BCUT2D eigenvalue weighted by molar-refractivity contribution is 0.712. The van der Waals surface area contributed by atoms with Gasteiger partial charge in [0.05, 0.1) is 6.20 Å². The monoisotopic (exact) mass is 176 g/mol. The second-order valence-electron chi connectivity index (χ2n) is 3.33. The molecule has 1 rings (SSSR count). The van der Waals surface area contributed by atoms with E-state index in [4.69, 9.17) is 0 Å². The molecule has 0 aliphatic heterocycles. The lowest BCUT2D eigenvalue weighted by Crippen LogP contribution is -1.95. The SMILES string of the molecule is CCC#CCn1cc(C(C)C)cn1. The average molecular weight is 176 g/mol. The maximum absolute atomic E-state index is 4.22. The van der Waals surface area contributed by atoms with Crippen LogP contribution in [0.5, 0.6) is 0 Å². The fourth-order valence-corrected chi connectivity index (χ4v) is 1.03. The van der Waals surface area contributed by atoms with Crippen LogP contribution in [-0.2, 0) is 6.54 Å². The Hall–Kier alpha value is -1.23. The van der Waals surface area contributed by atoms with Crippen molar-refractivity contribution in [2.75, 3.05) is 0 Å². The normalized spacial score (nSPS) is 9.85. The van der Waals surface area contributed by atoms with Crippen LogP contribution in [0, 0.1) is 11.8 Å². The summed E-state index contributed by atoms with van der Waals surface area (Å²) in [5.74, 6) is 6.63. The molecule has 0 spiro atoms. The molecule has 0 bridgehead atoms. The fourth-order valence-electron chi connectivity index (χ4n) is 1.03. The first kappa shape index (κ1) is 9.85. The van der Waals surface area contributed by atoms with Gasteiger partial charge in [0.25, 0.3) is 0 Å². The molecular formula is C11H16N2. The summed E-state index contributed by atoms with van der Waals surface area (Å²) in [6, 6.07) is 0. The molecule has 0 atom stereocenters. The molecule has 0 aliphatic rings. The topological polar surface area (TPSA) is 17.8 Å². The maximum atomic E-state index is 4.22. The predicted octanol–water partition coefficient (Wildman–Crippen LogP) is 2.42. The van der Waals surface area contributed by atoms with E-state index < -0.39 is 0 Å². The van der Waals surface area contributed by atoms with Crippen molar-refractivity contribution in [3.63, 3.8) is 0 Å². The number of aromatic nitrogens is 2. The van der Waals surface area contributed by atoms with E-state index in [9.17, 15) is 0 Å². The minimum Gasteiger partial charge on any atom is -0.260 e. The average Bonchev–Trinajstić information content (AvgIpc) is 2.53. The van der Waals surface area contributed by atoms with E-state index in [1.165, 1.54) is 5.56 Å². The molecule has 0 radical (unpaired) electrons. The van der Waals surface area contributed by atoms with Crippen LogP contribution in [0.4, 0.5) is 0 Å². The van der Waals surface area contributed by atoms with Gasteiger partial charge < -0.3 is 0 Å². The highest BCUT2D eigenvalue weighted by atomic mass is 15.3. The zero-order chi connectivity index (χ0) is 9.68. The van der Waals surface area contributed by atoms with Crippen LogP contribution < -0.4 is 0 Å². The molecule has 0 fully saturated rings. The number of hydrogen-bond donors (Lipinski definition) is 0. The van der Waals surface area contributed by atoms with Crippen molar-refractivity contribution in [1.82, 2.24) is 9.78 Å². The molecule has 0 saturated carbocycles. The van der Waals surface area contributed by atoms with Gasteiger partial charge in [-0.1, -0.05) is 26.7 Å². The van der Waals surface area contributed by atoms with E-state index in [-0.39, 0.29) is 0 Å². The number of rotatable bonds is 2. The summed E-state index contributed by atoms with van der Waals surface area (Å²) < 4.78 is 1.89. The zero-order valence-electron chi connectivity index (χ0n) is 8.54. The van der Waals surface area contributed by atoms with Gasteiger partial charge in [-0.3, -0.25) is 4.68 Å². The van der Waals surface area contributed by atoms with E-state index >= 15 is 0 Å². The molecule has 1 heterocycles. The van der Waals surface area contributed by atoms with Crippen molar-refractivity contribution in [3.8, 4) is 11.8 Å². The van der Waals surface area contributed by atoms with Gasteiger partial charge in [-0.15, -0.1) is 5.92 Å². The van der Waals surface area contributed by atoms with Crippen molar-refractivity contribution in [2.45, 2.75) is 39.7 Å². The molecule has 2 nitrogen and oxygen atoms in total. The summed E-state index contributed by atoms with van der Waals surface area (Å²) in [5.41, 5.74) is 1.28. The van der Waals surface area contributed by atoms with Crippen LogP contribution in [0.1, 0.15) is 38.7 Å².